The number of rotatable bonds is 3. The maximum Gasteiger partial charge on any atom is 0.311 e. The number of carbonyl (C=O) groups is 2. The maximum absolute atomic E-state index is 11.9. The van der Waals surface area contributed by atoms with Crippen LogP contribution in [0.4, 0.5) is 0 Å². The summed E-state index contributed by atoms with van der Waals surface area (Å²) in [6.45, 7) is 6.06. The number of hydrogen-bond acceptors (Lipinski definition) is 2. The number of carbonyl (C=O) groups excluding carboxylic acids is 2. The van der Waals surface area contributed by atoms with Crippen molar-refractivity contribution in [2.75, 3.05) is 25.5 Å². The molecule has 2 atom stereocenters. The fraction of sp³-hybridized carbons (Fsp3) is 0.833. The number of alkyl halides is 1. The molecule has 0 saturated carbocycles. The first-order valence-electron chi connectivity index (χ1n) is 6.17. The quantitative estimate of drug-likeness (QED) is 0.472. The summed E-state index contributed by atoms with van der Waals surface area (Å²) in [7, 11) is 0. The first kappa shape index (κ1) is 14.3. The van der Waals surface area contributed by atoms with Crippen LogP contribution < -0.4 is 5.32 Å². The number of likely N-dealkylation sites (tertiary alicyclic amines) is 1. The van der Waals surface area contributed by atoms with Crippen molar-refractivity contribution in [2.24, 2.45) is 11.8 Å². The molecule has 0 bridgehead atoms. The van der Waals surface area contributed by atoms with Gasteiger partial charge in [-0.15, -0.1) is 11.6 Å². The van der Waals surface area contributed by atoms with Crippen molar-refractivity contribution in [1.82, 2.24) is 10.2 Å². The van der Waals surface area contributed by atoms with Crippen LogP contribution in [0, 0.1) is 11.8 Å². The predicted molar refractivity (Wildman–Crippen MR) is 67.9 cm³/mol. The fourth-order valence-corrected chi connectivity index (χ4v) is 2.45. The molecule has 1 N–H and O–H groups in total. The van der Waals surface area contributed by atoms with Crippen molar-refractivity contribution >= 4 is 23.4 Å². The topological polar surface area (TPSA) is 49.4 Å². The van der Waals surface area contributed by atoms with Crippen molar-refractivity contribution in [2.45, 2.75) is 26.7 Å². The van der Waals surface area contributed by atoms with Crippen LogP contribution in [0.15, 0.2) is 0 Å². The molecule has 2 unspecified atom stereocenters. The van der Waals surface area contributed by atoms with Gasteiger partial charge in [-0.2, -0.15) is 0 Å². The Labute approximate surface area is 108 Å². The van der Waals surface area contributed by atoms with Crippen LogP contribution in [-0.4, -0.2) is 42.2 Å². The molecule has 1 aliphatic heterocycles. The second-order valence-electron chi connectivity index (χ2n) is 4.95. The monoisotopic (exact) mass is 260 g/mol. The van der Waals surface area contributed by atoms with E-state index in [1.807, 2.05) is 0 Å². The molecule has 1 aliphatic rings. The van der Waals surface area contributed by atoms with Gasteiger partial charge in [0.2, 0.25) is 0 Å². The van der Waals surface area contributed by atoms with Gasteiger partial charge in [-0.05, 0) is 24.7 Å². The minimum absolute atomic E-state index is 0.405. The van der Waals surface area contributed by atoms with Crippen LogP contribution in [0.5, 0.6) is 0 Å². The lowest BCUT2D eigenvalue weighted by Gasteiger charge is -2.34. The van der Waals surface area contributed by atoms with Crippen LogP contribution in [0.1, 0.15) is 26.7 Å². The van der Waals surface area contributed by atoms with Crippen molar-refractivity contribution in [1.29, 1.82) is 0 Å². The van der Waals surface area contributed by atoms with Crippen molar-refractivity contribution < 1.29 is 9.59 Å². The molecule has 0 aromatic heterocycles. The molecule has 4 nitrogen and oxygen atoms in total. The summed E-state index contributed by atoms with van der Waals surface area (Å²) in [5.41, 5.74) is 0. The highest BCUT2D eigenvalue weighted by atomic mass is 35.5. The highest BCUT2D eigenvalue weighted by Gasteiger charge is 2.28. The molecular weight excluding hydrogens is 240 g/mol. The lowest BCUT2D eigenvalue weighted by atomic mass is 9.92. The van der Waals surface area contributed by atoms with Crippen molar-refractivity contribution in [3.63, 3.8) is 0 Å². The van der Waals surface area contributed by atoms with Gasteiger partial charge in [-0.1, -0.05) is 13.8 Å². The van der Waals surface area contributed by atoms with E-state index in [4.69, 9.17) is 11.6 Å². The lowest BCUT2D eigenvalue weighted by Crippen LogP contribution is -2.49. The van der Waals surface area contributed by atoms with E-state index in [0.29, 0.717) is 43.8 Å². The number of halogens is 1. The van der Waals surface area contributed by atoms with E-state index in [9.17, 15) is 9.59 Å². The standard InChI is InChI=1S/C12H21ClN2O2/c1-9-6-10(2)8-15(7-9)12(17)11(16)14-5-3-4-13/h9-10H,3-8H2,1-2H3,(H,14,16). The summed E-state index contributed by atoms with van der Waals surface area (Å²) in [5, 5.41) is 2.60. The summed E-state index contributed by atoms with van der Waals surface area (Å²) >= 11 is 5.50. The van der Waals surface area contributed by atoms with E-state index in [1.165, 1.54) is 0 Å². The van der Waals surface area contributed by atoms with Crippen LogP contribution >= 0.6 is 11.6 Å². The molecule has 0 aromatic rings. The molecule has 1 fully saturated rings. The average molecular weight is 261 g/mol. The van der Waals surface area contributed by atoms with Gasteiger partial charge in [0.25, 0.3) is 0 Å². The zero-order chi connectivity index (χ0) is 12.8. The molecule has 5 heteroatoms. The van der Waals surface area contributed by atoms with Crippen molar-refractivity contribution in [3.05, 3.63) is 0 Å². The maximum atomic E-state index is 11.9. The minimum atomic E-state index is -0.503. The Morgan fingerprint density at radius 3 is 2.41 bits per heavy atom. The number of hydrogen-bond donors (Lipinski definition) is 1. The molecule has 0 aromatic carbocycles. The zero-order valence-electron chi connectivity index (χ0n) is 10.5. The summed E-state index contributed by atoms with van der Waals surface area (Å²) in [4.78, 5) is 25.1. The second-order valence-corrected chi connectivity index (χ2v) is 5.33. The Morgan fingerprint density at radius 1 is 1.29 bits per heavy atom. The molecule has 0 aliphatic carbocycles. The Hall–Kier alpha value is -0.770. The van der Waals surface area contributed by atoms with Gasteiger partial charge in [-0.25, -0.2) is 0 Å². The van der Waals surface area contributed by atoms with Gasteiger partial charge in [-0.3, -0.25) is 9.59 Å². The van der Waals surface area contributed by atoms with Gasteiger partial charge in [0.15, 0.2) is 0 Å². The van der Waals surface area contributed by atoms with Gasteiger partial charge in [0.05, 0.1) is 0 Å². The van der Waals surface area contributed by atoms with Crippen molar-refractivity contribution in [3.8, 4) is 0 Å². The zero-order valence-corrected chi connectivity index (χ0v) is 11.3. The Balaban J connectivity index is 2.42. The smallest absolute Gasteiger partial charge is 0.311 e. The number of nitrogens with one attached hydrogen (secondary N) is 1. The SMILES string of the molecule is CC1CC(C)CN(C(=O)C(=O)NCCCCl)C1. The molecule has 0 spiro atoms. The van der Waals surface area contributed by atoms with E-state index in [0.717, 1.165) is 6.42 Å². The van der Waals surface area contributed by atoms with Crippen LogP contribution in [0.2, 0.25) is 0 Å². The molecular formula is C12H21ClN2O2. The Kier molecular flexibility index (Phi) is 5.75. The van der Waals surface area contributed by atoms with E-state index >= 15 is 0 Å². The molecule has 1 saturated heterocycles. The van der Waals surface area contributed by atoms with Gasteiger partial charge in [0, 0.05) is 25.5 Å². The third-order valence-electron chi connectivity index (χ3n) is 2.95. The average Bonchev–Trinajstić information content (AvgIpc) is 2.27. The largest absolute Gasteiger partial charge is 0.348 e. The van der Waals surface area contributed by atoms with Gasteiger partial charge in [0.1, 0.15) is 0 Å². The van der Waals surface area contributed by atoms with E-state index in [2.05, 4.69) is 19.2 Å². The molecule has 2 amide bonds. The predicted octanol–water partition coefficient (Wildman–Crippen LogP) is 1.24. The summed E-state index contributed by atoms with van der Waals surface area (Å²) in [5.74, 6) is 0.526. The summed E-state index contributed by atoms with van der Waals surface area (Å²) in [6, 6.07) is 0. The third kappa shape index (κ3) is 4.54. The second kappa shape index (κ2) is 6.84. The van der Waals surface area contributed by atoms with Gasteiger partial charge >= 0.3 is 11.8 Å². The Morgan fingerprint density at radius 2 is 1.88 bits per heavy atom. The van der Waals surface area contributed by atoms with Crippen LogP contribution in [0.25, 0.3) is 0 Å². The number of amides is 2. The van der Waals surface area contributed by atoms with Crippen LogP contribution in [0.3, 0.4) is 0 Å². The minimum Gasteiger partial charge on any atom is -0.348 e. The highest BCUT2D eigenvalue weighted by molar-refractivity contribution is 6.35. The molecule has 1 heterocycles. The van der Waals surface area contributed by atoms with Crippen LogP contribution in [-0.2, 0) is 9.59 Å². The molecule has 0 radical (unpaired) electrons. The number of piperidine rings is 1. The highest BCUT2D eigenvalue weighted by Crippen LogP contribution is 2.20. The summed E-state index contributed by atoms with van der Waals surface area (Å²) < 4.78 is 0. The Bertz CT molecular complexity index is 274. The van der Waals surface area contributed by atoms with E-state index < -0.39 is 11.8 Å². The molecule has 1 rings (SSSR count). The first-order valence-corrected chi connectivity index (χ1v) is 6.71. The molecule has 17 heavy (non-hydrogen) atoms. The van der Waals surface area contributed by atoms with E-state index in [1.54, 1.807) is 4.90 Å². The fourth-order valence-electron chi connectivity index (χ4n) is 2.32. The normalized spacial score (nSPS) is 24.5. The van der Waals surface area contributed by atoms with E-state index in [-0.39, 0.29) is 0 Å². The third-order valence-corrected chi connectivity index (χ3v) is 3.21. The molecule has 98 valence electrons. The summed E-state index contributed by atoms with van der Waals surface area (Å²) in [6.07, 6.45) is 1.81. The lowest BCUT2D eigenvalue weighted by molar-refractivity contribution is -0.147. The number of nitrogens with zero attached hydrogens (tertiary/aromatic N) is 1. The van der Waals surface area contributed by atoms with Gasteiger partial charge < -0.3 is 10.2 Å². The first-order chi connectivity index (χ1) is 8.04.